The van der Waals surface area contributed by atoms with Crippen molar-refractivity contribution in [2.45, 2.75) is 75.2 Å². The number of nitrogens with zero attached hydrogens (tertiary/aromatic N) is 1. The maximum atomic E-state index is 13.4. The van der Waals surface area contributed by atoms with E-state index in [4.69, 9.17) is 0 Å². The predicted molar refractivity (Wildman–Crippen MR) is 113 cm³/mol. The molecule has 2 aliphatic heterocycles. The number of carbonyl (C=O) groups is 3. The molecule has 7 heteroatoms. The van der Waals surface area contributed by atoms with Crippen molar-refractivity contribution in [1.29, 1.82) is 0 Å². The molecular formula is C22H29N3O3S. The number of hydrogen-bond acceptors (Lipinski definition) is 4. The van der Waals surface area contributed by atoms with Crippen molar-refractivity contribution in [3.63, 3.8) is 0 Å². The van der Waals surface area contributed by atoms with E-state index in [-0.39, 0.29) is 35.1 Å². The van der Waals surface area contributed by atoms with Crippen LogP contribution in [0.25, 0.3) is 0 Å². The van der Waals surface area contributed by atoms with E-state index >= 15 is 0 Å². The third-order valence-electron chi connectivity index (χ3n) is 6.26. The Hall–Kier alpha value is -2.02. The first-order valence-electron chi connectivity index (χ1n) is 10.4. The summed E-state index contributed by atoms with van der Waals surface area (Å²) in [6, 6.07) is 6.59. The lowest BCUT2D eigenvalue weighted by atomic mass is 9.95. The second-order valence-corrected chi connectivity index (χ2v) is 10.7. The molecule has 4 unspecified atom stereocenters. The van der Waals surface area contributed by atoms with Crippen molar-refractivity contribution >= 4 is 29.5 Å². The molecule has 6 nitrogen and oxygen atoms in total. The number of nitrogens with one attached hydrogen (secondary N) is 2. The van der Waals surface area contributed by atoms with Gasteiger partial charge in [0.15, 0.2) is 0 Å². The molecule has 0 aromatic heterocycles. The second-order valence-electron chi connectivity index (χ2n) is 8.93. The van der Waals surface area contributed by atoms with E-state index < -0.39 is 16.8 Å². The zero-order valence-electron chi connectivity index (χ0n) is 17.4. The molecule has 3 aliphatic rings. The van der Waals surface area contributed by atoms with Gasteiger partial charge in [-0.3, -0.25) is 14.4 Å². The Labute approximate surface area is 176 Å². The molecule has 4 rings (SSSR count). The highest BCUT2D eigenvalue weighted by atomic mass is 32.2. The molecular weight excluding hydrogens is 386 g/mol. The van der Waals surface area contributed by atoms with Crippen LogP contribution >= 0.6 is 11.8 Å². The summed E-state index contributed by atoms with van der Waals surface area (Å²) < 4.78 is -0.453. The molecule has 3 amide bonds. The molecule has 0 spiro atoms. The fourth-order valence-corrected chi connectivity index (χ4v) is 5.85. The molecule has 1 saturated carbocycles. The van der Waals surface area contributed by atoms with Gasteiger partial charge in [-0.2, -0.15) is 0 Å². The van der Waals surface area contributed by atoms with Crippen LogP contribution in [0.2, 0.25) is 0 Å². The minimum Gasteiger partial charge on any atom is -0.352 e. The molecule has 1 aromatic rings. The van der Waals surface area contributed by atoms with Gasteiger partial charge in [0, 0.05) is 16.4 Å². The lowest BCUT2D eigenvalue weighted by molar-refractivity contribution is -0.133. The van der Waals surface area contributed by atoms with E-state index in [0.29, 0.717) is 5.56 Å². The Morgan fingerprint density at radius 3 is 2.62 bits per heavy atom. The quantitative estimate of drug-likeness (QED) is 0.749. The van der Waals surface area contributed by atoms with Crippen molar-refractivity contribution < 1.29 is 14.4 Å². The number of hydrogen-bond donors (Lipinski definition) is 2. The lowest BCUT2D eigenvalue weighted by Gasteiger charge is -2.32. The Balaban J connectivity index is 1.58. The van der Waals surface area contributed by atoms with Crippen LogP contribution in [0.4, 0.5) is 0 Å². The minimum atomic E-state index is -0.627. The lowest BCUT2D eigenvalue weighted by Crippen LogP contribution is -2.58. The van der Waals surface area contributed by atoms with Crippen molar-refractivity contribution in [3.05, 3.63) is 35.4 Å². The van der Waals surface area contributed by atoms with Crippen LogP contribution in [0.1, 0.15) is 68.3 Å². The summed E-state index contributed by atoms with van der Waals surface area (Å²) in [5.41, 5.74) is 1.64. The summed E-state index contributed by atoms with van der Waals surface area (Å²) in [6.45, 7) is 7.99. The molecule has 2 N–H and O–H groups in total. The highest BCUT2D eigenvalue weighted by Gasteiger charge is 2.57. The van der Waals surface area contributed by atoms with Gasteiger partial charge in [-0.1, -0.05) is 38.5 Å². The summed E-state index contributed by atoms with van der Waals surface area (Å²) in [5, 5.41) is 5.86. The average molecular weight is 416 g/mol. The number of carbonyl (C=O) groups excluding carboxylic acids is 3. The van der Waals surface area contributed by atoms with Gasteiger partial charge in [0.1, 0.15) is 17.5 Å². The maximum Gasteiger partial charge on any atom is 0.256 e. The van der Waals surface area contributed by atoms with Crippen molar-refractivity contribution in [1.82, 2.24) is 15.5 Å². The largest absolute Gasteiger partial charge is 0.352 e. The van der Waals surface area contributed by atoms with Gasteiger partial charge in [0.2, 0.25) is 11.8 Å². The van der Waals surface area contributed by atoms with Gasteiger partial charge in [-0.15, -0.1) is 11.8 Å². The Bertz CT molecular complexity index is 851. The normalized spacial score (nSPS) is 26.5. The Morgan fingerprint density at radius 2 is 1.97 bits per heavy atom. The van der Waals surface area contributed by atoms with Crippen LogP contribution in [0, 0.1) is 5.92 Å². The Kier molecular flexibility index (Phi) is 5.13. The summed E-state index contributed by atoms with van der Waals surface area (Å²) in [7, 11) is 0. The SMILES string of the molecule is CCC(C)C(NC(=O)C1N2C(=O)c3ccccc3C2SC1(C)C)C(=O)NC1CC1. The number of benzene rings is 1. The molecule has 2 heterocycles. The fourth-order valence-electron chi connectivity index (χ4n) is 4.26. The fraction of sp³-hybridized carbons (Fsp3) is 0.591. The predicted octanol–water partition coefficient (Wildman–Crippen LogP) is 2.84. The second kappa shape index (κ2) is 7.35. The standard InChI is InChI=1S/C22H29N3O3S/c1-5-12(2)16(18(26)23-13-10-11-13)24-19(27)17-22(3,4)29-21-15-9-7-6-8-14(15)20(28)25(17)21/h6-9,12-13,16-17,21H,5,10-11H2,1-4H3,(H,23,26)(H,24,27). The maximum absolute atomic E-state index is 13.4. The summed E-state index contributed by atoms with van der Waals surface area (Å²) in [4.78, 5) is 41.0. The molecule has 2 fully saturated rings. The highest BCUT2D eigenvalue weighted by Crippen LogP contribution is 2.56. The first-order valence-corrected chi connectivity index (χ1v) is 11.3. The summed E-state index contributed by atoms with van der Waals surface area (Å²) in [5.74, 6) is -0.461. The van der Waals surface area contributed by atoms with Gasteiger partial charge in [-0.25, -0.2) is 0 Å². The first-order chi connectivity index (χ1) is 13.7. The minimum absolute atomic E-state index is 0.0112. The van der Waals surface area contributed by atoms with E-state index in [1.54, 1.807) is 16.7 Å². The van der Waals surface area contributed by atoms with Crippen LogP contribution in [0.15, 0.2) is 24.3 Å². The number of amides is 3. The molecule has 156 valence electrons. The van der Waals surface area contributed by atoms with Crippen LogP contribution in [0.5, 0.6) is 0 Å². The number of thioether (sulfide) groups is 1. The van der Waals surface area contributed by atoms with Gasteiger partial charge in [-0.05, 0) is 44.2 Å². The van der Waals surface area contributed by atoms with Gasteiger partial charge >= 0.3 is 0 Å². The van der Waals surface area contributed by atoms with Crippen LogP contribution in [-0.2, 0) is 9.59 Å². The molecule has 0 bridgehead atoms. The molecule has 1 saturated heterocycles. The zero-order valence-corrected chi connectivity index (χ0v) is 18.2. The van der Waals surface area contributed by atoms with Crippen LogP contribution < -0.4 is 10.6 Å². The van der Waals surface area contributed by atoms with E-state index in [9.17, 15) is 14.4 Å². The molecule has 1 aromatic carbocycles. The van der Waals surface area contributed by atoms with E-state index in [1.165, 1.54) is 0 Å². The number of fused-ring (bicyclic) bond motifs is 3. The van der Waals surface area contributed by atoms with Gasteiger partial charge in [0.25, 0.3) is 5.91 Å². The third-order valence-corrected chi connectivity index (χ3v) is 7.80. The smallest absolute Gasteiger partial charge is 0.256 e. The molecule has 1 aliphatic carbocycles. The van der Waals surface area contributed by atoms with E-state index in [1.807, 2.05) is 52.0 Å². The summed E-state index contributed by atoms with van der Waals surface area (Å²) >= 11 is 1.64. The summed E-state index contributed by atoms with van der Waals surface area (Å²) in [6.07, 6.45) is 2.78. The van der Waals surface area contributed by atoms with E-state index in [2.05, 4.69) is 10.6 Å². The highest BCUT2D eigenvalue weighted by molar-refractivity contribution is 8.01. The molecule has 29 heavy (non-hydrogen) atoms. The first kappa shape index (κ1) is 20.3. The van der Waals surface area contributed by atoms with Gasteiger partial charge < -0.3 is 15.5 Å². The average Bonchev–Trinajstić information content (AvgIpc) is 3.40. The topological polar surface area (TPSA) is 78.5 Å². The molecule has 0 radical (unpaired) electrons. The van der Waals surface area contributed by atoms with E-state index in [0.717, 1.165) is 24.8 Å². The van der Waals surface area contributed by atoms with Gasteiger partial charge in [0.05, 0.1) is 0 Å². The monoisotopic (exact) mass is 415 g/mol. The Morgan fingerprint density at radius 1 is 1.28 bits per heavy atom. The van der Waals surface area contributed by atoms with Crippen LogP contribution in [0.3, 0.4) is 0 Å². The number of rotatable bonds is 6. The molecule has 4 atom stereocenters. The third kappa shape index (κ3) is 3.54. The van der Waals surface area contributed by atoms with Crippen molar-refractivity contribution in [2.24, 2.45) is 5.92 Å². The van der Waals surface area contributed by atoms with Crippen molar-refractivity contribution in [3.8, 4) is 0 Å². The van der Waals surface area contributed by atoms with Crippen LogP contribution in [-0.4, -0.2) is 45.5 Å². The zero-order chi connectivity index (χ0) is 20.9. The van der Waals surface area contributed by atoms with Crippen molar-refractivity contribution in [2.75, 3.05) is 0 Å².